The average molecular weight is 273 g/mol. The van der Waals surface area contributed by atoms with Gasteiger partial charge in [0.05, 0.1) is 0 Å². The summed E-state index contributed by atoms with van der Waals surface area (Å²) in [5, 5.41) is 3.09. The summed E-state index contributed by atoms with van der Waals surface area (Å²) in [4.78, 5) is 11.9. The van der Waals surface area contributed by atoms with Crippen LogP contribution in [0.3, 0.4) is 0 Å². The van der Waals surface area contributed by atoms with Crippen molar-refractivity contribution in [3.05, 3.63) is 48.6 Å². The zero-order valence-electron chi connectivity index (χ0n) is 13.4. The first-order valence-electron chi connectivity index (χ1n) is 7.13. The van der Waals surface area contributed by atoms with Crippen molar-refractivity contribution >= 4 is 5.91 Å². The van der Waals surface area contributed by atoms with E-state index in [9.17, 15) is 4.79 Å². The van der Waals surface area contributed by atoms with Gasteiger partial charge in [0.2, 0.25) is 5.91 Å². The highest BCUT2D eigenvalue weighted by molar-refractivity contribution is 5.92. The molecule has 1 aliphatic carbocycles. The number of carbonyl (C=O) groups is 1. The minimum Gasteiger partial charge on any atom is -0.347 e. The lowest BCUT2D eigenvalue weighted by atomic mass is 9.86. The van der Waals surface area contributed by atoms with Crippen LogP contribution in [0.1, 0.15) is 41.0 Å². The Hall–Kier alpha value is -1.57. The van der Waals surface area contributed by atoms with Crippen molar-refractivity contribution in [1.82, 2.24) is 5.32 Å². The van der Waals surface area contributed by atoms with Crippen molar-refractivity contribution in [3.8, 4) is 0 Å². The van der Waals surface area contributed by atoms with Gasteiger partial charge in [-0.1, -0.05) is 44.4 Å². The summed E-state index contributed by atoms with van der Waals surface area (Å²) in [6, 6.07) is 0. The highest BCUT2D eigenvalue weighted by atomic mass is 16.1. The molecule has 1 aliphatic rings. The van der Waals surface area contributed by atoms with Crippen molar-refractivity contribution < 1.29 is 4.79 Å². The first kappa shape index (κ1) is 16.5. The molecule has 0 aromatic heterocycles. The molecule has 0 saturated heterocycles. The molecular formula is C18H27NO. The molecule has 2 atom stereocenters. The molecule has 1 N–H and O–H groups in total. The summed E-state index contributed by atoms with van der Waals surface area (Å²) in [6.45, 7) is 17.8. The Morgan fingerprint density at radius 3 is 2.50 bits per heavy atom. The fourth-order valence-corrected chi connectivity index (χ4v) is 2.91. The van der Waals surface area contributed by atoms with E-state index in [-0.39, 0.29) is 16.9 Å². The molecule has 0 spiro atoms. The van der Waals surface area contributed by atoms with E-state index >= 15 is 0 Å². The Bertz CT molecular complexity index is 482. The molecule has 1 saturated carbocycles. The van der Waals surface area contributed by atoms with E-state index in [4.69, 9.17) is 0 Å². The Kier molecular flexibility index (Phi) is 4.80. The third kappa shape index (κ3) is 3.30. The van der Waals surface area contributed by atoms with E-state index in [0.717, 1.165) is 6.42 Å². The van der Waals surface area contributed by atoms with E-state index < -0.39 is 0 Å². The lowest BCUT2D eigenvalue weighted by Crippen LogP contribution is -2.46. The first-order chi connectivity index (χ1) is 9.19. The molecule has 0 radical (unpaired) electrons. The van der Waals surface area contributed by atoms with Crippen LogP contribution in [-0.2, 0) is 4.79 Å². The van der Waals surface area contributed by atoms with Gasteiger partial charge in [-0.3, -0.25) is 4.79 Å². The lowest BCUT2D eigenvalue weighted by molar-refractivity contribution is -0.119. The van der Waals surface area contributed by atoms with E-state index in [1.807, 2.05) is 25.2 Å². The summed E-state index contributed by atoms with van der Waals surface area (Å²) < 4.78 is 0. The lowest BCUT2D eigenvalue weighted by Gasteiger charge is -2.29. The number of allylic oxidation sites excluding steroid dienone is 5. The maximum absolute atomic E-state index is 11.9. The van der Waals surface area contributed by atoms with Gasteiger partial charge < -0.3 is 5.32 Å². The zero-order chi connectivity index (χ0) is 15.6. The molecule has 20 heavy (non-hydrogen) atoms. The molecule has 0 bridgehead atoms. The highest BCUT2D eigenvalue weighted by Crippen LogP contribution is 2.62. The predicted molar refractivity (Wildman–Crippen MR) is 86.3 cm³/mol. The van der Waals surface area contributed by atoms with Crippen LogP contribution in [0.5, 0.6) is 0 Å². The second kappa shape index (κ2) is 5.82. The normalized spacial score (nSPS) is 26.4. The quantitative estimate of drug-likeness (QED) is 0.571. The third-order valence-electron chi connectivity index (χ3n) is 4.28. The van der Waals surface area contributed by atoms with E-state index in [1.165, 1.54) is 5.57 Å². The largest absolute Gasteiger partial charge is 0.347 e. The van der Waals surface area contributed by atoms with Gasteiger partial charge in [0.25, 0.3) is 0 Å². The van der Waals surface area contributed by atoms with E-state index in [1.54, 1.807) is 6.92 Å². The number of carbonyl (C=O) groups excluding carboxylic acids is 1. The van der Waals surface area contributed by atoms with Gasteiger partial charge in [0.1, 0.15) is 0 Å². The fourth-order valence-electron chi connectivity index (χ4n) is 2.91. The summed E-state index contributed by atoms with van der Waals surface area (Å²) in [5.74, 6) is 0.342. The van der Waals surface area contributed by atoms with Gasteiger partial charge in [-0.05, 0) is 51.0 Å². The first-order valence-corrected chi connectivity index (χ1v) is 7.13. The fraction of sp³-hybridized carbons (Fsp3) is 0.500. The smallest absolute Gasteiger partial charge is 0.246 e. The monoisotopic (exact) mass is 273 g/mol. The molecule has 0 aliphatic heterocycles. The molecule has 2 unspecified atom stereocenters. The van der Waals surface area contributed by atoms with Crippen molar-refractivity contribution in [2.75, 3.05) is 0 Å². The molecule has 1 fully saturated rings. The zero-order valence-corrected chi connectivity index (χ0v) is 13.4. The summed E-state index contributed by atoms with van der Waals surface area (Å²) in [5.41, 5.74) is 1.63. The van der Waals surface area contributed by atoms with Crippen LogP contribution < -0.4 is 5.32 Å². The summed E-state index contributed by atoms with van der Waals surface area (Å²) >= 11 is 0. The highest BCUT2D eigenvalue weighted by Gasteiger charge is 2.58. The minimum atomic E-state index is -0.247. The number of hydrogen-bond acceptors (Lipinski definition) is 1. The van der Waals surface area contributed by atoms with Gasteiger partial charge in [0, 0.05) is 11.1 Å². The number of hydrogen-bond donors (Lipinski definition) is 1. The van der Waals surface area contributed by atoms with Crippen LogP contribution in [0.15, 0.2) is 48.6 Å². The Morgan fingerprint density at radius 1 is 1.45 bits per heavy atom. The Morgan fingerprint density at radius 2 is 2.05 bits per heavy atom. The van der Waals surface area contributed by atoms with Crippen LogP contribution in [0.25, 0.3) is 0 Å². The van der Waals surface area contributed by atoms with Crippen molar-refractivity contribution in [2.45, 2.75) is 46.6 Å². The predicted octanol–water partition coefficient (Wildman–Crippen LogP) is 4.17. The van der Waals surface area contributed by atoms with Gasteiger partial charge in [-0.25, -0.2) is 0 Å². The molecule has 2 nitrogen and oxygen atoms in total. The molecule has 2 heteroatoms. The van der Waals surface area contributed by atoms with Gasteiger partial charge >= 0.3 is 0 Å². The van der Waals surface area contributed by atoms with Crippen molar-refractivity contribution in [1.29, 1.82) is 0 Å². The van der Waals surface area contributed by atoms with Crippen molar-refractivity contribution in [2.24, 2.45) is 11.3 Å². The number of nitrogens with one attached hydrogen (secondary N) is 1. The number of rotatable bonds is 6. The SMILES string of the molecule is C=C/C(=C\C=C/C)C1(C)CC1C(C)(C)NC(=O)C(=C)C. The minimum absolute atomic E-state index is 0.0677. The van der Waals surface area contributed by atoms with Crippen LogP contribution in [0.4, 0.5) is 0 Å². The average Bonchev–Trinajstić information content (AvgIpc) is 3.04. The topological polar surface area (TPSA) is 29.1 Å². The van der Waals surface area contributed by atoms with E-state index in [2.05, 4.69) is 45.3 Å². The van der Waals surface area contributed by atoms with Crippen LogP contribution >= 0.6 is 0 Å². The Labute approximate surface area is 123 Å². The molecule has 0 aromatic rings. The molecule has 1 rings (SSSR count). The van der Waals surface area contributed by atoms with E-state index in [0.29, 0.717) is 11.5 Å². The second-order valence-corrected chi connectivity index (χ2v) is 6.48. The third-order valence-corrected chi connectivity index (χ3v) is 4.28. The second-order valence-electron chi connectivity index (χ2n) is 6.48. The number of amides is 1. The van der Waals surface area contributed by atoms with Gasteiger partial charge in [0.15, 0.2) is 0 Å². The van der Waals surface area contributed by atoms with Crippen molar-refractivity contribution in [3.63, 3.8) is 0 Å². The Balaban J connectivity index is 2.88. The van der Waals surface area contributed by atoms with Crippen LogP contribution in [0.2, 0.25) is 0 Å². The summed E-state index contributed by atoms with van der Waals surface area (Å²) in [7, 11) is 0. The van der Waals surface area contributed by atoms with Gasteiger partial charge in [-0.15, -0.1) is 0 Å². The summed E-state index contributed by atoms with van der Waals surface area (Å²) in [6.07, 6.45) is 9.15. The molecule has 0 aromatic carbocycles. The van der Waals surface area contributed by atoms with Gasteiger partial charge in [-0.2, -0.15) is 0 Å². The van der Waals surface area contributed by atoms with Crippen LogP contribution in [0, 0.1) is 11.3 Å². The molecule has 1 amide bonds. The van der Waals surface area contributed by atoms with Crippen LogP contribution in [-0.4, -0.2) is 11.4 Å². The molecule has 110 valence electrons. The standard InChI is InChI=1S/C18H27NO/c1-8-10-11-14(9-2)18(7)12-15(18)17(5,6)19-16(20)13(3)4/h8-11,15H,2-3,12H2,1,4-7H3,(H,19,20)/b10-8-,14-11+. The maximum atomic E-state index is 11.9. The molecular weight excluding hydrogens is 246 g/mol. The molecule has 0 heterocycles. The maximum Gasteiger partial charge on any atom is 0.246 e.